The molecule has 1 aliphatic heterocycles. The number of carbonyl (C=O) groups is 1. The summed E-state index contributed by atoms with van der Waals surface area (Å²) in [4.78, 5) is 14.6. The van der Waals surface area contributed by atoms with Crippen LogP contribution >= 0.6 is 0 Å². The van der Waals surface area contributed by atoms with Crippen molar-refractivity contribution in [2.75, 3.05) is 20.2 Å². The highest BCUT2D eigenvalue weighted by Gasteiger charge is 2.31. The average Bonchev–Trinajstić information content (AvgIpc) is 2.96. The standard InChI is InChI=1S/C16H23NO3/c1-11(17-9-8-14(10-17)12(2)18)16(19)13-4-6-15(20-3)7-5-13/h4-7,11-12,14,18H,8-10H2,1-3H3. The number of Topliss-reactive ketones (excluding diaryl/α,β-unsaturated/α-hetero) is 1. The Morgan fingerprint density at radius 3 is 2.50 bits per heavy atom. The maximum atomic E-state index is 12.5. The average molecular weight is 277 g/mol. The van der Waals surface area contributed by atoms with E-state index in [-0.39, 0.29) is 23.8 Å². The molecule has 1 N–H and O–H groups in total. The summed E-state index contributed by atoms with van der Waals surface area (Å²) in [5, 5.41) is 9.64. The fourth-order valence-corrected chi connectivity index (χ4v) is 2.72. The highest BCUT2D eigenvalue weighted by atomic mass is 16.5. The topological polar surface area (TPSA) is 49.8 Å². The molecule has 3 unspecified atom stereocenters. The Morgan fingerprint density at radius 2 is 2.00 bits per heavy atom. The van der Waals surface area contributed by atoms with E-state index in [9.17, 15) is 9.90 Å². The van der Waals surface area contributed by atoms with Crippen molar-refractivity contribution in [1.29, 1.82) is 0 Å². The third kappa shape index (κ3) is 3.19. The number of aliphatic hydroxyl groups is 1. The number of ketones is 1. The smallest absolute Gasteiger partial charge is 0.179 e. The first-order valence-electron chi connectivity index (χ1n) is 7.13. The number of rotatable bonds is 5. The van der Waals surface area contributed by atoms with Gasteiger partial charge in [-0.1, -0.05) is 0 Å². The first-order valence-corrected chi connectivity index (χ1v) is 7.13. The van der Waals surface area contributed by atoms with Gasteiger partial charge in [-0.2, -0.15) is 0 Å². The quantitative estimate of drug-likeness (QED) is 0.836. The molecule has 1 aromatic rings. The monoisotopic (exact) mass is 277 g/mol. The van der Waals surface area contributed by atoms with Gasteiger partial charge in [-0.05, 0) is 57.0 Å². The molecule has 1 fully saturated rings. The molecule has 110 valence electrons. The number of hydrogen-bond donors (Lipinski definition) is 1. The Bertz CT molecular complexity index is 455. The highest BCUT2D eigenvalue weighted by molar-refractivity contribution is 5.99. The molecule has 20 heavy (non-hydrogen) atoms. The van der Waals surface area contributed by atoms with Crippen molar-refractivity contribution in [1.82, 2.24) is 4.90 Å². The maximum absolute atomic E-state index is 12.5. The molecule has 0 aromatic heterocycles. The predicted molar refractivity (Wildman–Crippen MR) is 78.1 cm³/mol. The first kappa shape index (κ1) is 15.0. The minimum absolute atomic E-state index is 0.124. The van der Waals surface area contributed by atoms with E-state index in [2.05, 4.69) is 4.90 Å². The van der Waals surface area contributed by atoms with E-state index in [0.29, 0.717) is 5.56 Å². The van der Waals surface area contributed by atoms with Crippen molar-refractivity contribution in [3.05, 3.63) is 29.8 Å². The van der Waals surface area contributed by atoms with Gasteiger partial charge >= 0.3 is 0 Å². The SMILES string of the molecule is COc1ccc(C(=O)C(C)N2CCC(C(C)O)C2)cc1. The molecule has 0 bridgehead atoms. The number of methoxy groups -OCH3 is 1. The summed E-state index contributed by atoms with van der Waals surface area (Å²) in [7, 11) is 1.61. The number of nitrogens with zero attached hydrogens (tertiary/aromatic N) is 1. The highest BCUT2D eigenvalue weighted by Crippen LogP contribution is 2.23. The largest absolute Gasteiger partial charge is 0.497 e. The van der Waals surface area contributed by atoms with Gasteiger partial charge in [0, 0.05) is 12.1 Å². The van der Waals surface area contributed by atoms with Crippen LogP contribution in [0.3, 0.4) is 0 Å². The van der Waals surface area contributed by atoms with Crippen LogP contribution < -0.4 is 4.74 Å². The van der Waals surface area contributed by atoms with Crippen LogP contribution in [0.5, 0.6) is 5.75 Å². The molecule has 1 heterocycles. The lowest BCUT2D eigenvalue weighted by Gasteiger charge is -2.23. The van der Waals surface area contributed by atoms with Gasteiger partial charge in [0.25, 0.3) is 0 Å². The lowest BCUT2D eigenvalue weighted by atomic mass is 10.0. The van der Waals surface area contributed by atoms with Gasteiger partial charge in [-0.15, -0.1) is 0 Å². The number of benzene rings is 1. The molecule has 1 aliphatic rings. The van der Waals surface area contributed by atoms with Gasteiger partial charge in [0.1, 0.15) is 5.75 Å². The summed E-state index contributed by atoms with van der Waals surface area (Å²) in [5.41, 5.74) is 0.707. The zero-order valence-corrected chi connectivity index (χ0v) is 12.4. The van der Waals surface area contributed by atoms with Gasteiger partial charge in [-0.3, -0.25) is 9.69 Å². The number of aliphatic hydroxyl groups excluding tert-OH is 1. The summed E-state index contributed by atoms with van der Waals surface area (Å²) < 4.78 is 5.10. The van der Waals surface area contributed by atoms with Crippen LogP contribution in [-0.4, -0.2) is 48.1 Å². The Labute approximate surface area is 120 Å². The molecule has 0 aliphatic carbocycles. The van der Waals surface area contributed by atoms with Crippen LogP contribution in [0.4, 0.5) is 0 Å². The Hall–Kier alpha value is -1.39. The minimum Gasteiger partial charge on any atom is -0.497 e. The molecule has 4 heteroatoms. The second-order valence-corrected chi connectivity index (χ2v) is 5.55. The van der Waals surface area contributed by atoms with E-state index in [0.717, 1.165) is 25.3 Å². The van der Waals surface area contributed by atoms with Gasteiger partial charge in [-0.25, -0.2) is 0 Å². The van der Waals surface area contributed by atoms with Gasteiger partial charge < -0.3 is 9.84 Å². The van der Waals surface area contributed by atoms with Gasteiger partial charge in [0.2, 0.25) is 0 Å². The molecule has 4 nitrogen and oxygen atoms in total. The Kier molecular flexibility index (Phi) is 4.78. The number of likely N-dealkylation sites (tertiary alicyclic amines) is 1. The number of hydrogen-bond acceptors (Lipinski definition) is 4. The fourth-order valence-electron chi connectivity index (χ4n) is 2.72. The van der Waals surface area contributed by atoms with E-state index < -0.39 is 0 Å². The van der Waals surface area contributed by atoms with E-state index >= 15 is 0 Å². The second-order valence-electron chi connectivity index (χ2n) is 5.55. The van der Waals surface area contributed by atoms with Gasteiger partial charge in [0.15, 0.2) is 5.78 Å². The summed E-state index contributed by atoms with van der Waals surface area (Å²) in [6.45, 7) is 5.43. The molecular weight excluding hydrogens is 254 g/mol. The second kappa shape index (κ2) is 6.37. The lowest BCUT2D eigenvalue weighted by molar-refractivity contribution is 0.0836. The van der Waals surface area contributed by atoms with Crippen molar-refractivity contribution < 1.29 is 14.6 Å². The lowest BCUT2D eigenvalue weighted by Crippen LogP contribution is -2.38. The molecule has 0 spiro atoms. The zero-order valence-electron chi connectivity index (χ0n) is 12.4. The van der Waals surface area contributed by atoms with Crippen molar-refractivity contribution in [3.8, 4) is 5.75 Å². The first-order chi connectivity index (χ1) is 9.52. The summed E-state index contributed by atoms with van der Waals surface area (Å²) in [5.74, 6) is 1.16. The number of carbonyl (C=O) groups excluding carboxylic acids is 1. The molecule has 2 rings (SSSR count). The van der Waals surface area contributed by atoms with E-state index in [4.69, 9.17) is 4.74 Å². The van der Waals surface area contributed by atoms with Crippen molar-refractivity contribution >= 4 is 5.78 Å². The predicted octanol–water partition coefficient (Wildman–Crippen LogP) is 1.97. The summed E-state index contributed by atoms with van der Waals surface area (Å²) in [6.07, 6.45) is 0.654. The maximum Gasteiger partial charge on any atom is 0.179 e. The minimum atomic E-state index is -0.303. The molecule has 0 radical (unpaired) electrons. The Balaban J connectivity index is 2.01. The molecule has 1 saturated heterocycles. The van der Waals surface area contributed by atoms with E-state index in [1.807, 2.05) is 26.0 Å². The Morgan fingerprint density at radius 1 is 1.35 bits per heavy atom. The summed E-state index contributed by atoms with van der Waals surface area (Å²) >= 11 is 0. The third-order valence-corrected chi connectivity index (χ3v) is 4.24. The normalized spacial score (nSPS) is 22.5. The molecule has 3 atom stereocenters. The van der Waals surface area contributed by atoms with Crippen LogP contribution in [0.1, 0.15) is 30.6 Å². The van der Waals surface area contributed by atoms with Crippen LogP contribution in [0.15, 0.2) is 24.3 Å². The van der Waals surface area contributed by atoms with Crippen molar-refractivity contribution in [2.45, 2.75) is 32.4 Å². The zero-order chi connectivity index (χ0) is 14.7. The number of ether oxygens (including phenoxy) is 1. The van der Waals surface area contributed by atoms with Crippen LogP contribution in [0, 0.1) is 5.92 Å². The fraction of sp³-hybridized carbons (Fsp3) is 0.562. The molecule has 1 aromatic carbocycles. The van der Waals surface area contributed by atoms with Gasteiger partial charge in [0.05, 0.1) is 19.3 Å². The third-order valence-electron chi connectivity index (χ3n) is 4.24. The van der Waals surface area contributed by atoms with Crippen molar-refractivity contribution in [3.63, 3.8) is 0 Å². The van der Waals surface area contributed by atoms with Crippen LogP contribution in [0.25, 0.3) is 0 Å². The summed E-state index contributed by atoms with van der Waals surface area (Å²) in [6, 6.07) is 7.08. The molecular formula is C16H23NO3. The molecule has 0 saturated carbocycles. The van der Waals surface area contributed by atoms with E-state index in [1.165, 1.54) is 0 Å². The van der Waals surface area contributed by atoms with E-state index in [1.54, 1.807) is 19.2 Å². The molecule has 0 amide bonds. The van der Waals surface area contributed by atoms with Crippen LogP contribution in [-0.2, 0) is 0 Å². The van der Waals surface area contributed by atoms with Crippen LogP contribution in [0.2, 0.25) is 0 Å². The van der Waals surface area contributed by atoms with Crippen molar-refractivity contribution in [2.24, 2.45) is 5.92 Å².